The number of aliphatic hydroxyl groups is 1. The van der Waals surface area contributed by atoms with Crippen molar-refractivity contribution in [3.05, 3.63) is 127 Å². The summed E-state index contributed by atoms with van der Waals surface area (Å²) in [6.45, 7) is 11.2. The van der Waals surface area contributed by atoms with E-state index in [9.17, 15) is 60.9 Å². The SMILES string of the molecule is C1CCNC1.O=CO[O-].O=Cc1ccccc1S(=O)(=O)N1CCCC1.O=S(=O)(Cl)c1ccccc1.O=S(=O)([O-])C(O)c1ccccc1S(=O)(=O)N1CCCC1.O=S(=O)(c1ccccc1)N1CCCC1.[2H]CF.[CH2-]CCC.[H-].[K+].[K+].[Li+].[Na+]. The largest absolute Gasteiger partial charge is 1.00 e. The molecule has 4 aromatic rings. The number of nitrogens with zero attached hydrogens (tertiary/aromatic N) is 3. The van der Waals surface area contributed by atoms with E-state index in [1.165, 1.54) is 83.4 Å². The molecule has 79 heavy (non-hydrogen) atoms. The van der Waals surface area contributed by atoms with Crippen LogP contribution in [0.5, 0.6) is 0 Å². The predicted octanol–water partition coefficient (Wildman–Crippen LogP) is -6.48. The maximum Gasteiger partial charge on any atom is 1.00 e. The van der Waals surface area contributed by atoms with Crippen molar-refractivity contribution in [1.29, 1.82) is 0 Å². The number of hydrogen-bond donors (Lipinski definition) is 2. The first-order valence-electron chi connectivity index (χ1n) is 24.1. The quantitative estimate of drug-likeness (QED) is 0.0254. The van der Waals surface area contributed by atoms with E-state index in [1.807, 2.05) is 6.07 Å². The van der Waals surface area contributed by atoms with E-state index in [-0.39, 0.29) is 179 Å². The number of benzene rings is 4. The van der Waals surface area contributed by atoms with Gasteiger partial charge in [0.1, 0.15) is 10.1 Å². The van der Waals surface area contributed by atoms with Gasteiger partial charge in [0, 0.05) is 61.1 Å². The second-order valence-corrected chi connectivity index (χ2v) is 25.7. The van der Waals surface area contributed by atoms with Crippen LogP contribution in [-0.2, 0) is 58.9 Å². The Kier molecular flexibility index (Phi) is 49.6. The second kappa shape index (κ2) is 46.8. The summed E-state index contributed by atoms with van der Waals surface area (Å²) in [5.74, 6) is 0. The zero-order valence-corrected chi connectivity index (χ0v) is 58.6. The molecule has 4 aromatic carbocycles. The number of sulfonamides is 3. The summed E-state index contributed by atoms with van der Waals surface area (Å²) in [5.41, 5.74) is -2.57. The van der Waals surface area contributed by atoms with Crippen LogP contribution in [-0.4, -0.2) is 137 Å². The molecule has 0 saturated carbocycles. The number of aldehydes is 1. The molecule has 2 N–H and O–H groups in total. The maximum absolute atomic E-state index is 12.4. The molecule has 0 bridgehead atoms. The summed E-state index contributed by atoms with van der Waals surface area (Å²) in [6.07, 6.45) is 10.8. The number of rotatable bonds is 12. The summed E-state index contributed by atoms with van der Waals surface area (Å²) >= 11 is 0. The molecule has 4 aliphatic heterocycles. The number of hydrogen-bond acceptors (Lipinski definition) is 17. The van der Waals surface area contributed by atoms with Crippen LogP contribution in [0.15, 0.2) is 129 Å². The van der Waals surface area contributed by atoms with E-state index in [1.54, 1.807) is 58.9 Å². The first-order valence-corrected chi connectivity index (χ1v) is 31.5. The van der Waals surface area contributed by atoms with Gasteiger partial charge in [-0.2, -0.15) is 19.3 Å². The molecule has 4 heterocycles. The summed E-state index contributed by atoms with van der Waals surface area (Å²) in [5, 5.41) is 21.2. The molecule has 0 aliphatic carbocycles. The molecule has 0 radical (unpaired) electrons. The zero-order valence-electron chi connectivity index (χ0n) is 47.5. The maximum atomic E-state index is 12.4. The minimum atomic E-state index is -5.04. The Morgan fingerprint density at radius 3 is 1.32 bits per heavy atom. The fourth-order valence-electron chi connectivity index (χ4n) is 6.90. The molecule has 0 spiro atoms. The molecule has 1 unspecified atom stereocenters. The van der Waals surface area contributed by atoms with Gasteiger partial charge in [-0.3, -0.25) is 14.0 Å². The van der Waals surface area contributed by atoms with Gasteiger partial charge in [-0.15, -0.1) is 0 Å². The Bertz CT molecular complexity index is 2870. The number of halogens is 2. The molecule has 8 rings (SSSR count). The van der Waals surface area contributed by atoms with Crippen LogP contribution >= 0.6 is 10.7 Å². The molecule has 4 saturated heterocycles. The van der Waals surface area contributed by atoms with Crippen LogP contribution in [0.2, 0.25) is 0 Å². The van der Waals surface area contributed by atoms with Crippen molar-refractivity contribution in [3.63, 3.8) is 0 Å². The van der Waals surface area contributed by atoms with E-state index >= 15 is 0 Å². The molecule has 31 heteroatoms. The van der Waals surface area contributed by atoms with E-state index in [4.69, 9.17) is 22.1 Å². The zero-order chi connectivity index (χ0) is 57.3. The van der Waals surface area contributed by atoms with Gasteiger partial charge in [-0.05, 0) is 101 Å². The van der Waals surface area contributed by atoms with Crippen molar-refractivity contribution in [1.82, 2.24) is 18.2 Å². The summed E-state index contributed by atoms with van der Waals surface area (Å²) in [4.78, 5) is 22.4. The average Bonchev–Trinajstić information content (AvgIpc) is 4.29. The van der Waals surface area contributed by atoms with Crippen molar-refractivity contribution >= 4 is 72.7 Å². The smallest absolute Gasteiger partial charge is 1.00 e. The molecule has 424 valence electrons. The van der Waals surface area contributed by atoms with Gasteiger partial charge < -0.3 is 33.5 Å². The number of unbranched alkanes of at least 4 members (excludes halogenated alkanes) is 1. The molecular formula is C48H68ClFK2LiN4NaO16S5. The third kappa shape index (κ3) is 31.7. The number of carbonyl (C=O) groups excluding carboxylic acids is 2. The van der Waals surface area contributed by atoms with Gasteiger partial charge in [-0.1, -0.05) is 86.1 Å². The predicted molar refractivity (Wildman–Crippen MR) is 280 cm³/mol. The first kappa shape index (κ1) is 83.8. The summed E-state index contributed by atoms with van der Waals surface area (Å²) < 4.78 is 147. The molecule has 4 aliphatic rings. The van der Waals surface area contributed by atoms with Crippen LogP contribution in [0, 0.1) is 6.92 Å². The van der Waals surface area contributed by atoms with Gasteiger partial charge >= 0.3 is 151 Å². The van der Waals surface area contributed by atoms with Crippen LogP contribution in [0.25, 0.3) is 0 Å². The third-order valence-electron chi connectivity index (χ3n) is 10.7. The molecule has 4 fully saturated rings. The standard InChI is InChI=1S/C11H15NO6S2.C11H13NO3S.C10H13NO2S.C6H5ClO2S.C4H9N.C4H9.CH3F.CH2O3.2K.Li.Na.H/c13-11(20(16,17)18)9-5-1-2-6-10(9)19(14,15)12-7-3-4-8-12;13-9-10-5-1-2-6-11(10)16(14,15)12-7-3-4-8-12;12-14(13,11-8-4-5-9-11)10-6-2-1-3-7-10;7-10(8,9)6-4-2-1-3-5-6;1-2-4-5-3-1;1-3-4-2;1-2;2-1-4-3;;;;;/h1-2,5-6,11,13H,3-4,7-8H2,(H,16,17,18);1-2,5-6,9H,3-4,7-8H2;1-3,6-7H,4-5,8-9H2;1-5H;5H,1-4H2;1,3-4H2,2H3;1H3;1,3H;;;;;/q;;;;;-1;;;4*+1;-1/p-2/i;;;;;;1D;;;;;;. The van der Waals surface area contributed by atoms with Gasteiger partial charge in [0.05, 0.1) is 28.1 Å². The Balaban J connectivity index is -0.000000289. The van der Waals surface area contributed by atoms with E-state index in [2.05, 4.69) is 24.1 Å². The normalized spacial score (nSPS) is 15.5. The van der Waals surface area contributed by atoms with Gasteiger partial charge in [0.2, 0.25) is 30.1 Å². The Morgan fingerprint density at radius 2 is 1.00 bits per heavy atom. The minimum absolute atomic E-state index is 0. The monoisotopic (exact) mass is 1280 g/mol. The third-order valence-corrected chi connectivity index (χ3v) is 18.7. The van der Waals surface area contributed by atoms with Crippen molar-refractivity contribution in [2.75, 3.05) is 59.5 Å². The fourth-order valence-corrected chi connectivity index (χ4v) is 13.2. The second-order valence-electron chi connectivity index (χ2n) is 15.9. The Morgan fingerprint density at radius 1 is 0.671 bits per heavy atom. The summed E-state index contributed by atoms with van der Waals surface area (Å²) in [7, 11) is -15.1. The number of aliphatic hydroxyl groups excluding tert-OH is 1. The van der Waals surface area contributed by atoms with E-state index < -0.39 is 67.4 Å². The number of alkyl halides is 1. The minimum Gasteiger partial charge on any atom is -1.00 e. The molecular weight excluding hydrogens is 1210 g/mol. The Labute approximate surface area is 594 Å². The first-order chi connectivity index (χ1) is 36.0. The number of nitrogens with one attached hydrogen (secondary N) is 1. The van der Waals surface area contributed by atoms with Gasteiger partial charge in [0.15, 0.2) is 11.7 Å². The van der Waals surface area contributed by atoms with Gasteiger partial charge in [0.25, 0.3) is 15.5 Å². The van der Waals surface area contributed by atoms with Crippen LogP contribution in [0.4, 0.5) is 4.39 Å². The molecule has 20 nitrogen and oxygen atoms in total. The number of carbonyl (C=O) groups is 2. The van der Waals surface area contributed by atoms with Crippen molar-refractivity contribution in [3.8, 4) is 0 Å². The summed E-state index contributed by atoms with van der Waals surface area (Å²) in [6, 6.07) is 27.9. The fraction of sp³-hybridized carbons (Fsp3) is 0.438. The van der Waals surface area contributed by atoms with Gasteiger partial charge in [-0.25, -0.2) is 42.1 Å². The van der Waals surface area contributed by atoms with Crippen LogP contribution < -0.4 is 162 Å². The van der Waals surface area contributed by atoms with E-state index in [0.717, 1.165) is 51.0 Å². The Hall–Kier alpha value is 0.580. The van der Waals surface area contributed by atoms with E-state index in [0.29, 0.717) is 50.5 Å². The average molecular weight is 1280 g/mol. The topological polar surface area (TPSA) is 302 Å². The molecule has 0 aromatic heterocycles. The molecule has 0 amide bonds. The van der Waals surface area contributed by atoms with Crippen molar-refractivity contribution in [2.45, 2.75) is 96.1 Å². The molecule has 1 atom stereocenters. The van der Waals surface area contributed by atoms with Crippen LogP contribution in [0.1, 0.15) is 95.3 Å². The van der Waals surface area contributed by atoms with Crippen LogP contribution in [0.3, 0.4) is 0 Å². The van der Waals surface area contributed by atoms with Crippen molar-refractivity contribution in [2.24, 2.45) is 0 Å². The van der Waals surface area contributed by atoms with Crippen molar-refractivity contribution < 1.29 is 230 Å².